The summed E-state index contributed by atoms with van der Waals surface area (Å²) in [5, 5.41) is 3.32. The van der Waals surface area contributed by atoms with Crippen LogP contribution in [0.2, 0.25) is 0 Å². The van der Waals surface area contributed by atoms with Crippen molar-refractivity contribution >= 4 is 15.9 Å². The number of rotatable bonds is 8. The summed E-state index contributed by atoms with van der Waals surface area (Å²) in [6, 6.07) is 4.12. The predicted octanol–water partition coefficient (Wildman–Crippen LogP) is 3.07. The zero-order valence-corrected chi connectivity index (χ0v) is 13.0. The van der Waals surface area contributed by atoms with Crippen LogP contribution < -0.4 is 10.1 Å². The molecule has 0 heterocycles. The number of halogens is 1. The summed E-state index contributed by atoms with van der Waals surface area (Å²) in [5.74, 6) is 0.937. The minimum atomic E-state index is 0.688. The minimum absolute atomic E-state index is 0.688. The van der Waals surface area contributed by atoms with E-state index in [1.165, 1.54) is 11.1 Å². The lowest BCUT2D eigenvalue weighted by Crippen LogP contribution is -2.22. The Hall–Kier alpha value is -0.580. The Bertz CT molecular complexity index is 346. The van der Waals surface area contributed by atoms with Gasteiger partial charge in [-0.05, 0) is 50.1 Å². The molecule has 0 aliphatic carbocycles. The zero-order chi connectivity index (χ0) is 13.4. The summed E-state index contributed by atoms with van der Waals surface area (Å²) in [6.07, 6.45) is 1.03. The molecule has 1 aromatic rings. The van der Waals surface area contributed by atoms with Crippen LogP contribution in [-0.2, 0) is 4.74 Å². The Balaban J connectivity index is 2.23. The van der Waals surface area contributed by atoms with E-state index in [0.717, 1.165) is 36.3 Å². The van der Waals surface area contributed by atoms with Crippen LogP contribution >= 0.6 is 15.9 Å². The van der Waals surface area contributed by atoms with E-state index in [1.54, 1.807) is 7.11 Å². The van der Waals surface area contributed by atoms with E-state index in [9.17, 15) is 0 Å². The summed E-state index contributed by atoms with van der Waals surface area (Å²) in [4.78, 5) is 0. The molecule has 0 radical (unpaired) electrons. The topological polar surface area (TPSA) is 30.5 Å². The second-order valence-corrected chi connectivity index (χ2v) is 5.11. The Labute approximate surface area is 118 Å². The minimum Gasteiger partial charge on any atom is -0.492 e. The van der Waals surface area contributed by atoms with Gasteiger partial charge in [0.1, 0.15) is 12.4 Å². The summed E-state index contributed by atoms with van der Waals surface area (Å²) >= 11 is 3.55. The summed E-state index contributed by atoms with van der Waals surface area (Å²) in [7, 11) is 1.72. The first-order valence-electron chi connectivity index (χ1n) is 6.24. The van der Waals surface area contributed by atoms with E-state index < -0.39 is 0 Å². The molecular formula is C14H22BrNO2. The molecule has 0 spiro atoms. The number of hydrogen-bond acceptors (Lipinski definition) is 3. The molecule has 0 atom stereocenters. The summed E-state index contributed by atoms with van der Waals surface area (Å²) in [6.45, 7) is 7.47. The lowest BCUT2D eigenvalue weighted by atomic mass is 10.1. The van der Waals surface area contributed by atoms with Gasteiger partial charge in [-0.3, -0.25) is 0 Å². The molecule has 18 heavy (non-hydrogen) atoms. The van der Waals surface area contributed by atoms with Crippen molar-refractivity contribution < 1.29 is 9.47 Å². The third-order valence-corrected chi connectivity index (χ3v) is 3.91. The van der Waals surface area contributed by atoms with Gasteiger partial charge in [0.25, 0.3) is 0 Å². The highest BCUT2D eigenvalue weighted by Crippen LogP contribution is 2.26. The van der Waals surface area contributed by atoms with Gasteiger partial charge in [-0.15, -0.1) is 0 Å². The van der Waals surface area contributed by atoms with E-state index in [1.807, 2.05) is 0 Å². The molecule has 1 N–H and O–H groups in total. The Kier molecular flexibility index (Phi) is 7.32. The fourth-order valence-electron chi connectivity index (χ4n) is 1.70. The quantitative estimate of drug-likeness (QED) is 0.748. The van der Waals surface area contributed by atoms with Gasteiger partial charge in [-0.2, -0.15) is 0 Å². The first kappa shape index (κ1) is 15.5. The van der Waals surface area contributed by atoms with Crippen LogP contribution in [0, 0.1) is 13.8 Å². The zero-order valence-electron chi connectivity index (χ0n) is 11.4. The van der Waals surface area contributed by atoms with Crippen molar-refractivity contribution in [2.75, 3.05) is 33.4 Å². The predicted molar refractivity (Wildman–Crippen MR) is 78.5 cm³/mol. The van der Waals surface area contributed by atoms with Gasteiger partial charge >= 0.3 is 0 Å². The SMILES string of the molecule is COCCCNCCOc1cc(C)c(Br)c(C)c1. The molecular weight excluding hydrogens is 294 g/mol. The molecule has 0 bridgehead atoms. The Morgan fingerprint density at radius 2 is 1.78 bits per heavy atom. The average molecular weight is 316 g/mol. The molecule has 0 unspecified atom stereocenters. The van der Waals surface area contributed by atoms with Crippen LogP contribution in [0.15, 0.2) is 16.6 Å². The van der Waals surface area contributed by atoms with Crippen molar-refractivity contribution in [2.24, 2.45) is 0 Å². The van der Waals surface area contributed by atoms with Crippen LogP contribution in [0.3, 0.4) is 0 Å². The van der Waals surface area contributed by atoms with Crippen molar-refractivity contribution in [2.45, 2.75) is 20.3 Å². The van der Waals surface area contributed by atoms with E-state index in [-0.39, 0.29) is 0 Å². The standard InChI is InChI=1S/C14H22BrNO2/c1-11-9-13(10-12(2)14(11)15)18-8-6-16-5-4-7-17-3/h9-10,16H,4-8H2,1-3H3. The smallest absolute Gasteiger partial charge is 0.119 e. The van der Waals surface area contributed by atoms with Gasteiger partial charge in [0.15, 0.2) is 0 Å². The highest BCUT2D eigenvalue weighted by molar-refractivity contribution is 9.10. The third-order valence-electron chi connectivity index (χ3n) is 2.66. The first-order valence-corrected chi connectivity index (χ1v) is 7.03. The second kappa shape index (κ2) is 8.51. The fourth-order valence-corrected chi connectivity index (χ4v) is 1.93. The number of aryl methyl sites for hydroxylation is 2. The van der Waals surface area contributed by atoms with Crippen LogP contribution in [0.25, 0.3) is 0 Å². The van der Waals surface area contributed by atoms with E-state index >= 15 is 0 Å². The average Bonchev–Trinajstić information content (AvgIpc) is 2.34. The van der Waals surface area contributed by atoms with Crippen LogP contribution in [0.1, 0.15) is 17.5 Å². The number of ether oxygens (including phenoxy) is 2. The molecule has 0 aliphatic rings. The van der Waals surface area contributed by atoms with Gasteiger partial charge in [-0.25, -0.2) is 0 Å². The lowest BCUT2D eigenvalue weighted by Gasteiger charge is -2.10. The molecule has 0 saturated heterocycles. The summed E-state index contributed by atoms with van der Waals surface area (Å²) < 4.78 is 11.9. The monoisotopic (exact) mass is 315 g/mol. The molecule has 0 amide bonds. The largest absolute Gasteiger partial charge is 0.492 e. The molecule has 102 valence electrons. The first-order chi connectivity index (χ1) is 8.65. The van der Waals surface area contributed by atoms with Crippen LogP contribution in [0.5, 0.6) is 5.75 Å². The van der Waals surface area contributed by atoms with Crippen LogP contribution in [0.4, 0.5) is 0 Å². The number of methoxy groups -OCH3 is 1. The highest BCUT2D eigenvalue weighted by atomic mass is 79.9. The lowest BCUT2D eigenvalue weighted by molar-refractivity contribution is 0.193. The molecule has 4 heteroatoms. The molecule has 0 fully saturated rings. The van der Waals surface area contributed by atoms with Crippen molar-refractivity contribution in [3.63, 3.8) is 0 Å². The molecule has 3 nitrogen and oxygen atoms in total. The number of benzene rings is 1. The number of nitrogens with one attached hydrogen (secondary N) is 1. The maximum Gasteiger partial charge on any atom is 0.119 e. The van der Waals surface area contributed by atoms with Crippen molar-refractivity contribution in [1.82, 2.24) is 5.32 Å². The van der Waals surface area contributed by atoms with Crippen molar-refractivity contribution in [3.8, 4) is 5.75 Å². The molecule has 1 aromatic carbocycles. The van der Waals surface area contributed by atoms with E-state index in [0.29, 0.717) is 6.61 Å². The normalized spacial score (nSPS) is 10.7. The molecule has 1 rings (SSSR count). The van der Waals surface area contributed by atoms with Gasteiger partial charge in [0, 0.05) is 24.7 Å². The maximum absolute atomic E-state index is 5.71. The van der Waals surface area contributed by atoms with Crippen molar-refractivity contribution in [1.29, 1.82) is 0 Å². The fraction of sp³-hybridized carbons (Fsp3) is 0.571. The Morgan fingerprint density at radius 3 is 2.39 bits per heavy atom. The van der Waals surface area contributed by atoms with Gasteiger partial charge in [-0.1, -0.05) is 15.9 Å². The maximum atomic E-state index is 5.71. The highest BCUT2D eigenvalue weighted by Gasteiger charge is 2.02. The molecule has 0 saturated carbocycles. The third kappa shape index (κ3) is 5.38. The number of hydrogen-bond donors (Lipinski definition) is 1. The van der Waals surface area contributed by atoms with Crippen molar-refractivity contribution in [3.05, 3.63) is 27.7 Å². The molecule has 0 aromatic heterocycles. The van der Waals surface area contributed by atoms with E-state index in [4.69, 9.17) is 9.47 Å². The van der Waals surface area contributed by atoms with Gasteiger partial charge < -0.3 is 14.8 Å². The summed E-state index contributed by atoms with van der Waals surface area (Å²) in [5.41, 5.74) is 2.41. The van der Waals surface area contributed by atoms with E-state index in [2.05, 4.69) is 47.2 Å². The molecule has 0 aliphatic heterocycles. The van der Waals surface area contributed by atoms with Gasteiger partial charge in [0.05, 0.1) is 0 Å². The van der Waals surface area contributed by atoms with Crippen LogP contribution in [-0.4, -0.2) is 33.4 Å². The van der Waals surface area contributed by atoms with Gasteiger partial charge in [0.2, 0.25) is 0 Å². The Morgan fingerprint density at radius 1 is 1.11 bits per heavy atom. The second-order valence-electron chi connectivity index (χ2n) is 4.32.